The van der Waals surface area contributed by atoms with Gasteiger partial charge in [-0.3, -0.25) is 9.78 Å². The van der Waals surface area contributed by atoms with Gasteiger partial charge in [0.1, 0.15) is 0 Å². The Kier molecular flexibility index (Phi) is 7.38. The van der Waals surface area contributed by atoms with E-state index in [4.69, 9.17) is 0 Å². The van der Waals surface area contributed by atoms with Crippen LogP contribution >= 0.6 is 0 Å². The van der Waals surface area contributed by atoms with Gasteiger partial charge in [-0.2, -0.15) is 18.3 Å². The van der Waals surface area contributed by atoms with E-state index in [2.05, 4.69) is 32.2 Å². The summed E-state index contributed by atoms with van der Waals surface area (Å²) < 4.78 is 41.8. The predicted octanol–water partition coefficient (Wildman–Crippen LogP) is 5.90. The number of carbonyl (C=O) groups excluding carboxylic acids is 1. The van der Waals surface area contributed by atoms with Gasteiger partial charge < -0.3 is 5.32 Å². The number of aromatic nitrogens is 5. The molecule has 1 N–H and O–H groups in total. The molecule has 0 spiro atoms. The molecule has 1 amide bonds. The molecule has 3 aromatic heterocycles. The van der Waals surface area contributed by atoms with Gasteiger partial charge in [-0.1, -0.05) is 49.1 Å². The molecular weight excluding hydrogens is 481 g/mol. The monoisotopic (exact) mass is 502 g/mol. The molecule has 0 fully saturated rings. The van der Waals surface area contributed by atoms with Crippen LogP contribution in [0.2, 0.25) is 0 Å². The Morgan fingerprint density at radius 1 is 1.05 bits per heavy atom. The minimum absolute atomic E-state index is 0.0580. The summed E-state index contributed by atoms with van der Waals surface area (Å²) in [6.45, 7) is 5.78. The second kappa shape index (κ2) is 10.8. The molecule has 0 atom stereocenters. The summed E-state index contributed by atoms with van der Waals surface area (Å²) in [5.74, 6) is -0.587. The van der Waals surface area contributed by atoms with E-state index in [1.54, 1.807) is 37.3 Å². The molecule has 1 aromatic carbocycles. The molecule has 0 unspecified atom stereocenters. The summed E-state index contributed by atoms with van der Waals surface area (Å²) in [6.07, 6.45) is 3.19. The van der Waals surface area contributed by atoms with Gasteiger partial charge in [0, 0.05) is 23.5 Å². The minimum Gasteiger partial charge on any atom is -0.305 e. The van der Waals surface area contributed by atoms with Crippen molar-refractivity contribution in [3.63, 3.8) is 0 Å². The Balaban J connectivity index is 1.58. The average Bonchev–Trinajstić information content (AvgIpc) is 3.36. The van der Waals surface area contributed by atoms with Gasteiger partial charge in [-0.25, -0.2) is 4.68 Å². The zero-order valence-electron chi connectivity index (χ0n) is 19.6. The average molecular weight is 503 g/mol. The van der Waals surface area contributed by atoms with E-state index >= 15 is 0 Å². The van der Waals surface area contributed by atoms with Crippen molar-refractivity contribution in [2.24, 2.45) is 0 Å². The summed E-state index contributed by atoms with van der Waals surface area (Å²) >= 11 is 0. The lowest BCUT2D eigenvalue weighted by atomic mass is 10.0. The van der Waals surface area contributed by atoms with Crippen molar-refractivity contribution in [1.29, 1.82) is 0 Å². The molecule has 186 valence electrons. The summed E-state index contributed by atoms with van der Waals surface area (Å²) in [4.78, 5) is 16.8. The molecule has 0 aliphatic carbocycles. The second-order valence-corrected chi connectivity index (χ2v) is 7.79. The molecule has 0 aliphatic heterocycles. The fraction of sp³-hybridized carbons (Fsp3) is 0.0741. The number of alkyl halides is 3. The van der Waals surface area contributed by atoms with Gasteiger partial charge in [-0.05, 0) is 54.5 Å². The van der Waals surface area contributed by atoms with Crippen LogP contribution in [0.3, 0.4) is 0 Å². The number of allylic oxidation sites excluding steroid dienone is 3. The maximum absolute atomic E-state index is 13.7. The third-order valence-electron chi connectivity index (χ3n) is 5.15. The molecule has 7 nitrogen and oxygen atoms in total. The van der Waals surface area contributed by atoms with Crippen LogP contribution in [0.15, 0.2) is 103 Å². The third kappa shape index (κ3) is 6.04. The Hall–Kier alpha value is -4.86. The smallest absolute Gasteiger partial charge is 0.305 e. The molecule has 0 radical (unpaired) electrons. The second-order valence-electron chi connectivity index (χ2n) is 7.79. The molecule has 4 rings (SSSR count). The number of benzene rings is 1. The highest BCUT2D eigenvalue weighted by Gasteiger charge is 2.37. The first-order valence-electron chi connectivity index (χ1n) is 11.1. The Morgan fingerprint density at radius 3 is 2.46 bits per heavy atom. The van der Waals surface area contributed by atoms with Crippen molar-refractivity contribution in [3.05, 3.63) is 115 Å². The van der Waals surface area contributed by atoms with Crippen LogP contribution in [0.5, 0.6) is 0 Å². The van der Waals surface area contributed by atoms with E-state index in [0.717, 1.165) is 11.6 Å². The van der Waals surface area contributed by atoms with E-state index in [1.165, 1.54) is 24.5 Å². The van der Waals surface area contributed by atoms with Gasteiger partial charge in [0.15, 0.2) is 17.3 Å². The van der Waals surface area contributed by atoms with Crippen LogP contribution < -0.4 is 5.32 Å². The number of nitrogens with one attached hydrogen (secondary N) is 1. The van der Waals surface area contributed by atoms with E-state index in [9.17, 15) is 18.0 Å². The molecule has 3 heterocycles. The van der Waals surface area contributed by atoms with Crippen molar-refractivity contribution in [2.45, 2.75) is 13.1 Å². The van der Waals surface area contributed by atoms with Crippen molar-refractivity contribution >= 4 is 17.3 Å². The molecule has 0 aliphatic rings. The maximum atomic E-state index is 13.7. The van der Waals surface area contributed by atoms with Crippen LogP contribution in [0.1, 0.15) is 18.2 Å². The number of pyridine rings is 1. The largest absolute Gasteiger partial charge is 0.433 e. The van der Waals surface area contributed by atoms with Crippen LogP contribution in [-0.4, -0.2) is 30.9 Å². The van der Waals surface area contributed by atoms with Crippen LogP contribution in [-0.2, 0) is 11.0 Å². The number of anilines is 1. The molecule has 0 saturated heterocycles. The maximum Gasteiger partial charge on any atom is 0.433 e. The molecular formula is C27H21F3N6O. The van der Waals surface area contributed by atoms with Crippen LogP contribution in [0.25, 0.3) is 22.6 Å². The number of hydrogen-bond acceptors (Lipinski definition) is 5. The first-order chi connectivity index (χ1) is 17.8. The lowest BCUT2D eigenvalue weighted by Crippen LogP contribution is -2.17. The number of rotatable bonds is 7. The molecule has 37 heavy (non-hydrogen) atoms. The number of nitrogens with zero attached hydrogens (tertiary/aromatic N) is 5. The Morgan fingerprint density at radius 2 is 1.84 bits per heavy atom. The van der Waals surface area contributed by atoms with Gasteiger partial charge in [-0.15, -0.1) is 10.2 Å². The highest BCUT2D eigenvalue weighted by Crippen LogP contribution is 2.33. The van der Waals surface area contributed by atoms with E-state index in [1.807, 2.05) is 30.3 Å². The van der Waals surface area contributed by atoms with Gasteiger partial charge in [0.05, 0.1) is 5.69 Å². The fourth-order valence-electron chi connectivity index (χ4n) is 3.40. The molecule has 0 saturated carbocycles. The lowest BCUT2D eigenvalue weighted by Gasteiger charge is -2.10. The van der Waals surface area contributed by atoms with Crippen LogP contribution in [0.4, 0.5) is 19.0 Å². The number of hydrogen-bond donors (Lipinski definition) is 1. The van der Waals surface area contributed by atoms with Crippen molar-refractivity contribution in [3.8, 4) is 17.1 Å². The van der Waals surface area contributed by atoms with E-state index in [0.29, 0.717) is 21.4 Å². The summed E-state index contributed by atoms with van der Waals surface area (Å²) in [5, 5.41) is 14.4. The topological polar surface area (TPSA) is 85.6 Å². The SMILES string of the molecule is C=C(/C=C(\C=C/C)C(=O)Nc1ccc(-n2nc(-c3cccnc3)cc2C(F)(F)F)nn1)c1ccccc1. The van der Waals surface area contributed by atoms with Crippen molar-refractivity contribution < 1.29 is 18.0 Å². The number of amides is 1. The zero-order chi connectivity index (χ0) is 26.4. The quantitative estimate of drug-likeness (QED) is 0.251. The normalized spacial score (nSPS) is 12.1. The number of carbonyl (C=O) groups is 1. The van der Waals surface area contributed by atoms with Crippen molar-refractivity contribution in [1.82, 2.24) is 25.0 Å². The van der Waals surface area contributed by atoms with Gasteiger partial charge in [0.25, 0.3) is 5.91 Å². The Labute approximate surface area is 210 Å². The standard InChI is InChI=1S/C27H21F3N6O/c1-3-8-20(15-18(2)19-9-5-4-6-10-19)26(37)32-24-12-13-25(34-33-24)36-23(27(28,29)30)16-22(35-36)21-11-7-14-31-17-21/h3-17H,2H2,1H3,(H,32,33,37)/b8-3-,20-15+. The Bertz CT molecular complexity index is 1460. The number of halogens is 3. The molecule has 4 aromatic rings. The third-order valence-corrected chi connectivity index (χ3v) is 5.15. The summed E-state index contributed by atoms with van der Waals surface area (Å²) in [7, 11) is 0. The predicted molar refractivity (Wildman–Crippen MR) is 134 cm³/mol. The van der Waals surface area contributed by atoms with E-state index in [-0.39, 0.29) is 17.3 Å². The molecule has 10 heteroatoms. The summed E-state index contributed by atoms with van der Waals surface area (Å²) in [6, 6.07) is 16.1. The molecule has 0 bridgehead atoms. The zero-order valence-corrected chi connectivity index (χ0v) is 19.6. The first-order valence-corrected chi connectivity index (χ1v) is 11.1. The van der Waals surface area contributed by atoms with Gasteiger partial charge >= 0.3 is 6.18 Å². The first kappa shape index (κ1) is 25.2. The summed E-state index contributed by atoms with van der Waals surface area (Å²) in [5.41, 5.74) is 1.29. The lowest BCUT2D eigenvalue weighted by molar-refractivity contribution is -0.142. The minimum atomic E-state index is -4.69. The highest BCUT2D eigenvalue weighted by atomic mass is 19.4. The van der Waals surface area contributed by atoms with Crippen molar-refractivity contribution in [2.75, 3.05) is 5.32 Å². The highest BCUT2D eigenvalue weighted by molar-refractivity contribution is 6.06. The van der Waals surface area contributed by atoms with Gasteiger partial charge in [0.2, 0.25) is 0 Å². The van der Waals surface area contributed by atoms with Crippen LogP contribution in [0, 0.1) is 0 Å². The fourth-order valence-corrected chi connectivity index (χ4v) is 3.40. The van der Waals surface area contributed by atoms with E-state index < -0.39 is 17.8 Å².